The molecule has 100 valence electrons. The number of nitrogens with zero attached hydrogens (tertiary/aromatic N) is 1. The van der Waals surface area contributed by atoms with E-state index in [0.29, 0.717) is 17.7 Å². The molecule has 0 heterocycles. The first-order chi connectivity index (χ1) is 9.06. The highest BCUT2D eigenvalue weighted by Gasteiger charge is 2.56. The van der Waals surface area contributed by atoms with Gasteiger partial charge in [-0.2, -0.15) is 0 Å². The summed E-state index contributed by atoms with van der Waals surface area (Å²) in [6.07, 6.45) is 3.14. The van der Waals surface area contributed by atoms with E-state index in [1.54, 1.807) is 0 Å². The van der Waals surface area contributed by atoms with Gasteiger partial charge in [0.2, 0.25) is 0 Å². The monoisotopic (exact) mass is 262 g/mol. The van der Waals surface area contributed by atoms with Gasteiger partial charge in [-0.1, -0.05) is 0 Å². The molecule has 3 fully saturated rings. The fourth-order valence-corrected chi connectivity index (χ4v) is 2.91. The molecule has 0 aromatic heterocycles. The zero-order valence-electron chi connectivity index (χ0n) is 10.3. The molecule has 0 spiro atoms. The lowest BCUT2D eigenvalue weighted by Crippen LogP contribution is -2.57. The Morgan fingerprint density at radius 2 is 2.00 bits per heavy atom. The minimum atomic E-state index is -0.501. The van der Waals surface area contributed by atoms with Crippen molar-refractivity contribution < 1.29 is 14.5 Å². The molecule has 3 saturated carbocycles. The molecule has 6 nitrogen and oxygen atoms in total. The van der Waals surface area contributed by atoms with E-state index in [4.69, 9.17) is 4.74 Å². The number of hydrogen-bond donors (Lipinski definition) is 1. The molecule has 3 aliphatic carbocycles. The fraction of sp³-hybridized carbons (Fsp3) is 0.462. The highest BCUT2D eigenvalue weighted by Crippen LogP contribution is 2.63. The molecule has 4 rings (SSSR count). The number of non-ortho nitro benzene ring substituents is 1. The molecule has 0 aliphatic heterocycles. The van der Waals surface area contributed by atoms with Gasteiger partial charge in [-0.3, -0.25) is 10.1 Å². The van der Waals surface area contributed by atoms with Crippen LogP contribution in [0.2, 0.25) is 0 Å². The second-order valence-corrected chi connectivity index (χ2v) is 5.47. The van der Waals surface area contributed by atoms with Crippen molar-refractivity contribution >= 4 is 11.8 Å². The maximum Gasteiger partial charge on any atom is 0.412 e. The maximum absolute atomic E-state index is 11.6. The van der Waals surface area contributed by atoms with Crippen LogP contribution in [0.25, 0.3) is 0 Å². The summed E-state index contributed by atoms with van der Waals surface area (Å²) in [4.78, 5) is 21.6. The summed E-state index contributed by atoms with van der Waals surface area (Å²) in [6.45, 7) is 0.662. The molecule has 1 N–H and O–H groups in total. The lowest BCUT2D eigenvalue weighted by Gasteiger charge is -2.61. The molecule has 19 heavy (non-hydrogen) atoms. The highest BCUT2D eigenvalue weighted by molar-refractivity contribution is 5.70. The van der Waals surface area contributed by atoms with Gasteiger partial charge in [0.05, 0.1) is 4.92 Å². The van der Waals surface area contributed by atoms with Crippen molar-refractivity contribution in [3.8, 4) is 5.75 Å². The molecule has 0 atom stereocenters. The average Bonchev–Trinajstić information content (AvgIpc) is 2.26. The first kappa shape index (κ1) is 12.0. The molecule has 0 saturated heterocycles. The van der Waals surface area contributed by atoms with Crippen LogP contribution in [0.1, 0.15) is 19.3 Å². The van der Waals surface area contributed by atoms with Gasteiger partial charge in [0.15, 0.2) is 0 Å². The summed E-state index contributed by atoms with van der Waals surface area (Å²) in [5.41, 5.74) is 0.306. The zero-order valence-corrected chi connectivity index (χ0v) is 10.3. The van der Waals surface area contributed by atoms with Gasteiger partial charge >= 0.3 is 6.09 Å². The van der Waals surface area contributed by atoms with Crippen molar-refractivity contribution in [1.82, 2.24) is 5.32 Å². The van der Waals surface area contributed by atoms with Crippen LogP contribution in [0, 0.1) is 21.4 Å². The lowest BCUT2D eigenvalue weighted by molar-refractivity contribution is -0.384. The summed E-state index contributed by atoms with van der Waals surface area (Å²) in [6, 6.07) is 5.45. The number of carbonyl (C=O) groups is 1. The van der Waals surface area contributed by atoms with Gasteiger partial charge in [-0.05, 0) is 42.7 Å². The molecule has 1 aromatic rings. The predicted octanol–water partition coefficient (Wildman–Crippen LogP) is 2.48. The second-order valence-electron chi connectivity index (χ2n) is 5.47. The Hall–Kier alpha value is -2.11. The Balaban J connectivity index is 1.49. The van der Waals surface area contributed by atoms with Crippen molar-refractivity contribution in [3.63, 3.8) is 0 Å². The summed E-state index contributed by atoms with van der Waals surface area (Å²) < 4.78 is 5.06. The van der Waals surface area contributed by atoms with Crippen LogP contribution in [0.4, 0.5) is 10.5 Å². The average molecular weight is 262 g/mol. The van der Waals surface area contributed by atoms with Crippen molar-refractivity contribution in [2.75, 3.05) is 6.54 Å². The number of nitrogens with one attached hydrogen (secondary N) is 1. The van der Waals surface area contributed by atoms with E-state index >= 15 is 0 Å². The van der Waals surface area contributed by atoms with Crippen molar-refractivity contribution in [1.29, 1.82) is 0 Å². The third-order valence-corrected chi connectivity index (χ3v) is 4.03. The minimum Gasteiger partial charge on any atom is -0.410 e. The summed E-state index contributed by atoms with van der Waals surface area (Å²) in [5.74, 6) is 1.19. The highest BCUT2D eigenvalue weighted by atomic mass is 16.6. The quantitative estimate of drug-likeness (QED) is 0.667. The van der Waals surface area contributed by atoms with Gasteiger partial charge in [0.25, 0.3) is 5.69 Å². The number of nitro groups is 1. The van der Waals surface area contributed by atoms with Gasteiger partial charge in [0.1, 0.15) is 5.75 Å². The van der Waals surface area contributed by atoms with E-state index in [1.807, 2.05) is 0 Å². The number of benzene rings is 1. The van der Waals surface area contributed by atoms with E-state index in [-0.39, 0.29) is 5.69 Å². The molecule has 3 aliphatic rings. The van der Waals surface area contributed by atoms with Crippen LogP contribution < -0.4 is 10.1 Å². The summed E-state index contributed by atoms with van der Waals surface area (Å²) in [5, 5.41) is 13.2. The number of amides is 1. The third-order valence-electron chi connectivity index (χ3n) is 4.03. The minimum absolute atomic E-state index is 0.0263. The Labute approximate surface area is 109 Å². The Kier molecular flexibility index (Phi) is 2.66. The number of ether oxygens (including phenoxy) is 1. The Morgan fingerprint density at radius 3 is 2.47 bits per heavy atom. The summed E-state index contributed by atoms with van der Waals surface area (Å²) >= 11 is 0. The van der Waals surface area contributed by atoms with E-state index in [9.17, 15) is 14.9 Å². The molecule has 2 bridgehead atoms. The van der Waals surface area contributed by atoms with Crippen LogP contribution in [0.15, 0.2) is 24.3 Å². The van der Waals surface area contributed by atoms with Crippen LogP contribution in [-0.4, -0.2) is 17.6 Å². The number of carbonyl (C=O) groups excluding carboxylic acids is 1. The standard InChI is InChI=1S/C13H14N2O4/c16-12(14-8-13-5-9(6-13)7-13)19-11-3-1-10(2-4-11)15(17)18/h1-4,9H,5-8H2,(H,14,16). The van der Waals surface area contributed by atoms with Crippen molar-refractivity contribution in [2.24, 2.45) is 11.3 Å². The Bertz CT molecular complexity index is 509. The van der Waals surface area contributed by atoms with Crippen molar-refractivity contribution in [3.05, 3.63) is 34.4 Å². The van der Waals surface area contributed by atoms with Gasteiger partial charge in [-0.25, -0.2) is 4.79 Å². The van der Waals surface area contributed by atoms with Crippen LogP contribution in [0.3, 0.4) is 0 Å². The van der Waals surface area contributed by atoms with E-state index in [1.165, 1.54) is 43.5 Å². The van der Waals surface area contributed by atoms with Crippen LogP contribution >= 0.6 is 0 Å². The topological polar surface area (TPSA) is 81.5 Å². The third kappa shape index (κ3) is 2.25. The molecule has 0 radical (unpaired) electrons. The molecule has 6 heteroatoms. The molecular formula is C13H14N2O4. The second kappa shape index (κ2) is 4.22. The Morgan fingerprint density at radius 1 is 1.37 bits per heavy atom. The molecule has 1 aromatic carbocycles. The SMILES string of the molecule is O=C(NCC12CC(C1)C2)Oc1ccc([N+](=O)[O-])cc1. The smallest absolute Gasteiger partial charge is 0.410 e. The predicted molar refractivity (Wildman–Crippen MR) is 66.9 cm³/mol. The first-order valence-corrected chi connectivity index (χ1v) is 6.27. The number of hydrogen-bond acceptors (Lipinski definition) is 4. The fourth-order valence-electron chi connectivity index (χ4n) is 2.91. The maximum atomic E-state index is 11.6. The van der Waals surface area contributed by atoms with Crippen LogP contribution in [-0.2, 0) is 0 Å². The first-order valence-electron chi connectivity index (χ1n) is 6.27. The van der Waals surface area contributed by atoms with Gasteiger partial charge in [-0.15, -0.1) is 0 Å². The van der Waals surface area contributed by atoms with E-state index < -0.39 is 11.0 Å². The van der Waals surface area contributed by atoms with Gasteiger partial charge in [0, 0.05) is 18.7 Å². The van der Waals surface area contributed by atoms with Crippen LogP contribution in [0.5, 0.6) is 5.75 Å². The molecule has 0 unspecified atom stereocenters. The largest absolute Gasteiger partial charge is 0.412 e. The number of nitro benzene ring substituents is 1. The van der Waals surface area contributed by atoms with Crippen molar-refractivity contribution in [2.45, 2.75) is 19.3 Å². The summed E-state index contributed by atoms with van der Waals surface area (Å²) in [7, 11) is 0. The zero-order chi connectivity index (χ0) is 13.5. The lowest BCUT2D eigenvalue weighted by atomic mass is 9.44. The normalized spacial score (nSPS) is 26.8. The van der Waals surface area contributed by atoms with E-state index in [0.717, 1.165) is 5.92 Å². The molecule has 1 amide bonds. The number of rotatable bonds is 4. The molecular weight excluding hydrogens is 248 g/mol. The van der Waals surface area contributed by atoms with E-state index in [2.05, 4.69) is 5.32 Å². The van der Waals surface area contributed by atoms with Gasteiger partial charge < -0.3 is 10.1 Å².